The maximum absolute atomic E-state index is 12.3. The Morgan fingerprint density at radius 2 is 1.67 bits per heavy atom. The lowest BCUT2D eigenvalue weighted by Crippen LogP contribution is -2.18. The molecule has 1 atom stereocenters. The van der Waals surface area contributed by atoms with Crippen LogP contribution in [0.3, 0.4) is 0 Å². The van der Waals surface area contributed by atoms with E-state index in [2.05, 4.69) is 10.1 Å². The van der Waals surface area contributed by atoms with Gasteiger partial charge in [-0.15, -0.1) is 11.6 Å². The van der Waals surface area contributed by atoms with Gasteiger partial charge in [0.15, 0.2) is 0 Å². The van der Waals surface area contributed by atoms with Crippen LogP contribution in [-0.2, 0) is 4.79 Å². The Balaban J connectivity index is 2.13. The van der Waals surface area contributed by atoms with E-state index in [0.29, 0.717) is 5.56 Å². The molecule has 0 saturated heterocycles. The van der Waals surface area contributed by atoms with Crippen LogP contribution in [-0.4, -0.2) is 12.5 Å². The molecule has 2 aromatic rings. The zero-order chi connectivity index (χ0) is 15.2. The molecule has 1 amide bonds. The third-order valence-corrected chi connectivity index (χ3v) is 3.13. The maximum Gasteiger partial charge on any atom is 0.387 e. The molecule has 0 saturated carbocycles. The highest BCUT2D eigenvalue weighted by atomic mass is 35.5. The number of amides is 1. The molecule has 6 heteroatoms. The van der Waals surface area contributed by atoms with E-state index in [1.807, 2.05) is 0 Å². The quantitative estimate of drug-likeness (QED) is 0.840. The van der Waals surface area contributed by atoms with E-state index in [0.717, 1.165) is 0 Å². The van der Waals surface area contributed by atoms with Gasteiger partial charge >= 0.3 is 6.61 Å². The highest BCUT2D eigenvalue weighted by Crippen LogP contribution is 2.28. The Hall–Kier alpha value is -2.14. The minimum Gasteiger partial charge on any atom is -0.433 e. The van der Waals surface area contributed by atoms with Gasteiger partial charge in [0.1, 0.15) is 11.1 Å². The summed E-state index contributed by atoms with van der Waals surface area (Å²) in [5.41, 5.74) is 0.758. The fraction of sp³-hybridized carbons (Fsp3) is 0.133. The van der Waals surface area contributed by atoms with Crippen molar-refractivity contribution in [2.75, 3.05) is 5.32 Å². The second-order valence-corrected chi connectivity index (χ2v) is 4.57. The Morgan fingerprint density at radius 3 is 2.33 bits per heavy atom. The Bertz CT molecular complexity index is 608. The summed E-state index contributed by atoms with van der Waals surface area (Å²) in [5, 5.41) is 1.56. The summed E-state index contributed by atoms with van der Waals surface area (Å²) in [7, 11) is 0. The molecule has 3 nitrogen and oxygen atoms in total. The molecule has 2 aromatic carbocycles. The molecule has 0 heterocycles. The predicted octanol–water partition coefficient (Wildman–Crippen LogP) is 4.21. The summed E-state index contributed by atoms with van der Waals surface area (Å²) in [5.74, 6) is -0.633. The summed E-state index contributed by atoms with van der Waals surface area (Å²) in [4.78, 5) is 12.1. The van der Waals surface area contributed by atoms with E-state index in [1.165, 1.54) is 18.2 Å². The first-order valence-electron chi connectivity index (χ1n) is 6.11. The Morgan fingerprint density at radius 1 is 1.05 bits per heavy atom. The van der Waals surface area contributed by atoms with Crippen molar-refractivity contribution >= 4 is 23.2 Å². The first-order valence-corrected chi connectivity index (χ1v) is 6.55. The fourth-order valence-corrected chi connectivity index (χ4v) is 1.94. The molecule has 0 radical (unpaired) electrons. The van der Waals surface area contributed by atoms with E-state index in [1.54, 1.807) is 36.4 Å². The first kappa shape index (κ1) is 15.3. The van der Waals surface area contributed by atoms with Crippen LogP contribution >= 0.6 is 11.6 Å². The fourth-order valence-electron chi connectivity index (χ4n) is 1.74. The monoisotopic (exact) mass is 311 g/mol. The van der Waals surface area contributed by atoms with Gasteiger partial charge in [0.05, 0.1) is 5.69 Å². The van der Waals surface area contributed by atoms with Crippen LogP contribution in [0.15, 0.2) is 54.6 Å². The van der Waals surface area contributed by atoms with Crippen LogP contribution in [0.2, 0.25) is 0 Å². The number of hydrogen-bond donors (Lipinski definition) is 1. The Kier molecular flexibility index (Phi) is 5.11. The number of halogens is 3. The minimum atomic E-state index is -2.97. The molecule has 1 unspecified atom stereocenters. The zero-order valence-electron chi connectivity index (χ0n) is 10.8. The number of alkyl halides is 3. The van der Waals surface area contributed by atoms with Crippen LogP contribution in [0.1, 0.15) is 10.9 Å². The number of benzene rings is 2. The number of anilines is 1. The van der Waals surface area contributed by atoms with Crippen molar-refractivity contribution in [3.63, 3.8) is 0 Å². The molecule has 2 rings (SSSR count). The smallest absolute Gasteiger partial charge is 0.387 e. The molecule has 1 N–H and O–H groups in total. The molecular weight excluding hydrogens is 300 g/mol. The van der Waals surface area contributed by atoms with Gasteiger partial charge in [-0.2, -0.15) is 8.78 Å². The van der Waals surface area contributed by atoms with Gasteiger partial charge in [0, 0.05) is 0 Å². The van der Waals surface area contributed by atoms with Gasteiger partial charge in [-0.1, -0.05) is 42.5 Å². The van der Waals surface area contributed by atoms with E-state index in [9.17, 15) is 13.6 Å². The topological polar surface area (TPSA) is 38.3 Å². The summed E-state index contributed by atoms with van der Waals surface area (Å²) in [6, 6.07) is 14.7. The zero-order valence-corrected chi connectivity index (χ0v) is 11.6. The first-order chi connectivity index (χ1) is 10.1. The normalized spacial score (nSPS) is 12.0. The second kappa shape index (κ2) is 7.04. The number of ether oxygens (including phenoxy) is 1. The highest BCUT2D eigenvalue weighted by Gasteiger charge is 2.19. The summed E-state index contributed by atoms with van der Waals surface area (Å²) < 4.78 is 28.9. The number of hydrogen-bond acceptors (Lipinski definition) is 2. The average Bonchev–Trinajstić information content (AvgIpc) is 2.49. The number of carbonyl (C=O) groups excluding carboxylic acids is 1. The summed E-state index contributed by atoms with van der Waals surface area (Å²) in [6.07, 6.45) is 0. The van der Waals surface area contributed by atoms with E-state index in [4.69, 9.17) is 11.6 Å². The van der Waals surface area contributed by atoms with Crippen molar-refractivity contribution < 1.29 is 18.3 Å². The lowest BCUT2D eigenvalue weighted by Gasteiger charge is -2.14. The third-order valence-electron chi connectivity index (χ3n) is 2.68. The Labute approximate surface area is 125 Å². The van der Waals surface area contributed by atoms with Gasteiger partial charge < -0.3 is 10.1 Å². The molecule has 0 aliphatic carbocycles. The number of rotatable bonds is 5. The van der Waals surface area contributed by atoms with Crippen LogP contribution < -0.4 is 10.1 Å². The van der Waals surface area contributed by atoms with Gasteiger partial charge in [-0.3, -0.25) is 4.79 Å². The highest BCUT2D eigenvalue weighted by molar-refractivity contribution is 6.32. The van der Waals surface area contributed by atoms with Crippen LogP contribution in [0.25, 0.3) is 0 Å². The largest absolute Gasteiger partial charge is 0.433 e. The van der Waals surface area contributed by atoms with Crippen LogP contribution in [0.4, 0.5) is 14.5 Å². The standard InChI is InChI=1S/C15H12ClF2NO2/c16-13(10-6-2-1-3-7-10)14(20)19-11-8-4-5-9-12(11)21-15(17)18/h1-9,13,15H,(H,19,20). The SMILES string of the molecule is O=C(Nc1ccccc1OC(F)F)C(Cl)c1ccccc1. The summed E-state index contributed by atoms with van der Waals surface area (Å²) >= 11 is 6.06. The van der Waals surface area contributed by atoms with E-state index >= 15 is 0 Å². The molecule has 21 heavy (non-hydrogen) atoms. The molecular formula is C15H12ClF2NO2. The van der Waals surface area contributed by atoms with Gasteiger partial charge in [0.25, 0.3) is 0 Å². The minimum absolute atomic E-state index is 0.113. The van der Waals surface area contributed by atoms with E-state index in [-0.39, 0.29) is 11.4 Å². The van der Waals surface area contributed by atoms with Crippen molar-refractivity contribution in [2.24, 2.45) is 0 Å². The lowest BCUT2D eigenvalue weighted by molar-refractivity contribution is -0.116. The predicted molar refractivity (Wildman–Crippen MR) is 76.7 cm³/mol. The van der Waals surface area contributed by atoms with Crippen molar-refractivity contribution in [3.05, 3.63) is 60.2 Å². The van der Waals surface area contributed by atoms with Crippen LogP contribution in [0, 0.1) is 0 Å². The maximum atomic E-state index is 12.3. The van der Waals surface area contributed by atoms with Crippen molar-refractivity contribution in [2.45, 2.75) is 12.0 Å². The number of carbonyl (C=O) groups is 1. The number of nitrogens with one attached hydrogen (secondary N) is 1. The molecule has 110 valence electrons. The van der Waals surface area contributed by atoms with E-state index < -0.39 is 17.9 Å². The van der Waals surface area contributed by atoms with Crippen LogP contribution in [0.5, 0.6) is 5.75 Å². The summed E-state index contributed by atoms with van der Waals surface area (Å²) in [6.45, 7) is -2.97. The van der Waals surface area contributed by atoms with Gasteiger partial charge in [-0.25, -0.2) is 0 Å². The van der Waals surface area contributed by atoms with Gasteiger partial charge in [0.2, 0.25) is 5.91 Å². The van der Waals surface area contributed by atoms with Crippen molar-refractivity contribution in [3.8, 4) is 5.75 Å². The lowest BCUT2D eigenvalue weighted by atomic mass is 10.1. The number of para-hydroxylation sites is 2. The molecule has 0 aliphatic heterocycles. The van der Waals surface area contributed by atoms with Crippen molar-refractivity contribution in [1.29, 1.82) is 0 Å². The molecule has 0 aromatic heterocycles. The molecule has 0 spiro atoms. The van der Waals surface area contributed by atoms with Gasteiger partial charge in [-0.05, 0) is 17.7 Å². The average molecular weight is 312 g/mol. The molecule has 0 bridgehead atoms. The molecule has 0 aliphatic rings. The molecule has 0 fully saturated rings. The van der Waals surface area contributed by atoms with Crippen molar-refractivity contribution in [1.82, 2.24) is 0 Å². The second-order valence-electron chi connectivity index (χ2n) is 4.14. The third kappa shape index (κ3) is 4.16.